The molecule has 1 heterocycles. The van der Waals surface area contributed by atoms with Crippen molar-refractivity contribution >= 4 is 11.9 Å². The van der Waals surface area contributed by atoms with E-state index in [9.17, 15) is 9.59 Å². The number of nitrogens with zero attached hydrogens (tertiary/aromatic N) is 1. The van der Waals surface area contributed by atoms with Gasteiger partial charge in [0.2, 0.25) is 5.91 Å². The maximum Gasteiger partial charge on any atom is 0.326 e. The summed E-state index contributed by atoms with van der Waals surface area (Å²) in [5, 5.41) is 9.02. The Balaban J connectivity index is 2.15. The molecule has 1 fully saturated rings. The summed E-state index contributed by atoms with van der Waals surface area (Å²) in [4.78, 5) is 24.4. The molecule has 0 saturated carbocycles. The van der Waals surface area contributed by atoms with Gasteiger partial charge in [0.05, 0.1) is 6.10 Å². The molecule has 5 nitrogen and oxygen atoms in total. The molecule has 0 radical (unpaired) electrons. The lowest BCUT2D eigenvalue weighted by Gasteiger charge is -2.21. The first-order valence-electron chi connectivity index (χ1n) is 7.16. The van der Waals surface area contributed by atoms with Crippen LogP contribution in [-0.4, -0.2) is 47.2 Å². The zero-order valence-electron chi connectivity index (χ0n) is 11.9. The van der Waals surface area contributed by atoms with Crippen LogP contribution in [0.25, 0.3) is 0 Å². The Hall–Kier alpha value is -1.10. The number of carboxylic acid groups (broad SMARTS) is 1. The average Bonchev–Trinajstić information content (AvgIpc) is 2.82. The topological polar surface area (TPSA) is 66.8 Å². The minimum atomic E-state index is -0.879. The predicted molar refractivity (Wildman–Crippen MR) is 71.9 cm³/mol. The second kappa shape index (κ2) is 8.15. The van der Waals surface area contributed by atoms with Crippen molar-refractivity contribution < 1.29 is 19.4 Å². The molecule has 0 aromatic heterocycles. The van der Waals surface area contributed by atoms with Gasteiger partial charge in [-0.25, -0.2) is 4.79 Å². The van der Waals surface area contributed by atoms with Crippen molar-refractivity contribution in [1.82, 2.24) is 4.90 Å². The number of carbonyl (C=O) groups is 2. The zero-order chi connectivity index (χ0) is 14.3. The molecule has 1 aliphatic rings. The molecule has 1 atom stereocenters. The molecule has 0 aliphatic carbocycles. The number of unbranched alkanes of at least 4 members (excludes halogenated alkanes) is 2. The molecule has 0 bridgehead atoms. The fourth-order valence-electron chi connectivity index (χ4n) is 2.34. The first kappa shape index (κ1) is 16.0. The second-order valence-electron chi connectivity index (χ2n) is 5.31. The molecule has 0 aromatic carbocycles. The van der Waals surface area contributed by atoms with Crippen LogP contribution in [0.15, 0.2) is 0 Å². The van der Waals surface area contributed by atoms with Gasteiger partial charge in [0.25, 0.3) is 0 Å². The first-order valence-corrected chi connectivity index (χ1v) is 7.16. The molecular weight excluding hydrogens is 246 g/mol. The average molecular weight is 271 g/mol. The van der Waals surface area contributed by atoms with E-state index in [1.165, 1.54) is 4.90 Å². The highest BCUT2D eigenvalue weighted by atomic mass is 16.5. The van der Waals surface area contributed by atoms with Gasteiger partial charge < -0.3 is 14.7 Å². The largest absolute Gasteiger partial charge is 0.480 e. The summed E-state index contributed by atoms with van der Waals surface area (Å²) >= 11 is 0. The summed E-state index contributed by atoms with van der Waals surface area (Å²) in [6, 6.07) is -0.600. The summed E-state index contributed by atoms with van der Waals surface area (Å²) in [6.45, 7) is 5.32. The third-order valence-electron chi connectivity index (χ3n) is 3.34. The van der Waals surface area contributed by atoms with Crippen LogP contribution in [0.3, 0.4) is 0 Å². The normalized spacial score (nSPS) is 19.1. The van der Waals surface area contributed by atoms with Crippen molar-refractivity contribution in [3.8, 4) is 0 Å². The Kier molecular flexibility index (Phi) is 6.84. The van der Waals surface area contributed by atoms with E-state index in [0.717, 1.165) is 32.3 Å². The summed E-state index contributed by atoms with van der Waals surface area (Å²) in [5.41, 5.74) is 0. The third-order valence-corrected chi connectivity index (χ3v) is 3.34. The van der Waals surface area contributed by atoms with Gasteiger partial charge in [0.15, 0.2) is 0 Å². The van der Waals surface area contributed by atoms with Gasteiger partial charge in [-0.05, 0) is 39.5 Å². The Bertz CT molecular complexity index is 304. The number of amides is 1. The molecule has 1 amide bonds. The number of ether oxygens (including phenoxy) is 1. The van der Waals surface area contributed by atoms with Crippen molar-refractivity contribution in [2.45, 2.75) is 64.5 Å². The second-order valence-corrected chi connectivity index (χ2v) is 5.31. The fourth-order valence-corrected chi connectivity index (χ4v) is 2.34. The number of likely N-dealkylation sites (tertiary alicyclic amines) is 1. The highest BCUT2D eigenvalue weighted by Gasteiger charge is 2.33. The zero-order valence-corrected chi connectivity index (χ0v) is 11.9. The van der Waals surface area contributed by atoms with E-state index >= 15 is 0 Å². The lowest BCUT2D eigenvalue weighted by Crippen LogP contribution is -2.40. The molecule has 19 heavy (non-hydrogen) atoms. The smallest absolute Gasteiger partial charge is 0.326 e. The van der Waals surface area contributed by atoms with Crippen molar-refractivity contribution in [3.05, 3.63) is 0 Å². The van der Waals surface area contributed by atoms with Crippen LogP contribution in [0.4, 0.5) is 0 Å². The summed E-state index contributed by atoms with van der Waals surface area (Å²) in [6.07, 6.45) is 4.79. The van der Waals surface area contributed by atoms with Crippen LogP contribution >= 0.6 is 0 Å². The first-order chi connectivity index (χ1) is 9.02. The van der Waals surface area contributed by atoms with E-state index in [0.29, 0.717) is 19.4 Å². The molecule has 5 heteroatoms. The minimum Gasteiger partial charge on any atom is -0.480 e. The van der Waals surface area contributed by atoms with E-state index in [4.69, 9.17) is 9.84 Å². The van der Waals surface area contributed by atoms with E-state index in [1.807, 2.05) is 13.8 Å². The van der Waals surface area contributed by atoms with Crippen molar-refractivity contribution in [2.75, 3.05) is 13.2 Å². The quantitative estimate of drug-likeness (QED) is 0.686. The molecule has 1 saturated heterocycles. The number of hydrogen-bond acceptors (Lipinski definition) is 3. The number of carboxylic acids is 1. The highest BCUT2D eigenvalue weighted by Crippen LogP contribution is 2.19. The van der Waals surface area contributed by atoms with E-state index in [2.05, 4.69) is 0 Å². The van der Waals surface area contributed by atoms with Gasteiger partial charge in [0.1, 0.15) is 6.04 Å². The van der Waals surface area contributed by atoms with Gasteiger partial charge in [-0.3, -0.25) is 4.79 Å². The Labute approximate surface area is 114 Å². The van der Waals surface area contributed by atoms with Crippen molar-refractivity contribution in [2.24, 2.45) is 0 Å². The number of rotatable bonds is 8. The van der Waals surface area contributed by atoms with E-state index in [-0.39, 0.29) is 12.0 Å². The molecule has 0 spiro atoms. The lowest BCUT2D eigenvalue weighted by molar-refractivity contribution is -0.148. The van der Waals surface area contributed by atoms with Crippen molar-refractivity contribution in [3.63, 3.8) is 0 Å². The van der Waals surface area contributed by atoms with Crippen LogP contribution in [0, 0.1) is 0 Å². The highest BCUT2D eigenvalue weighted by molar-refractivity contribution is 5.84. The molecule has 1 N–H and O–H groups in total. The van der Waals surface area contributed by atoms with E-state index < -0.39 is 12.0 Å². The molecule has 1 unspecified atom stereocenters. The molecule has 0 aromatic rings. The lowest BCUT2D eigenvalue weighted by atomic mass is 10.1. The Morgan fingerprint density at radius 2 is 2.05 bits per heavy atom. The predicted octanol–water partition coefficient (Wildman–Crippen LogP) is 2.05. The Morgan fingerprint density at radius 3 is 2.68 bits per heavy atom. The third kappa shape index (κ3) is 5.59. The maximum absolute atomic E-state index is 11.9. The van der Waals surface area contributed by atoms with Crippen LogP contribution in [0.1, 0.15) is 52.4 Å². The molecular formula is C14H25NO4. The summed E-state index contributed by atoms with van der Waals surface area (Å²) in [5.74, 6) is -0.897. The summed E-state index contributed by atoms with van der Waals surface area (Å²) < 4.78 is 5.42. The Morgan fingerprint density at radius 1 is 1.32 bits per heavy atom. The molecule has 1 aliphatic heterocycles. The van der Waals surface area contributed by atoms with Crippen LogP contribution < -0.4 is 0 Å². The van der Waals surface area contributed by atoms with Gasteiger partial charge >= 0.3 is 5.97 Å². The molecule has 1 rings (SSSR count). The fraction of sp³-hybridized carbons (Fsp3) is 0.857. The maximum atomic E-state index is 11.9. The van der Waals surface area contributed by atoms with E-state index in [1.54, 1.807) is 0 Å². The van der Waals surface area contributed by atoms with Gasteiger partial charge in [0, 0.05) is 19.6 Å². The number of aliphatic carboxylic acids is 1. The summed E-state index contributed by atoms with van der Waals surface area (Å²) in [7, 11) is 0. The van der Waals surface area contributed by atoms with Crippen molar-refractivity contribution in [1.29, 1.82) is 0 Å². The van der Waals surface area contributed by atoms with Crippen LogP contribution in [0.2, 0.25) is 0 Å². The standard InChI is InChI=1S/C14H25NO4/c1-11(2)19-10-5-3-4-8-13(16)15-9-6-7-12(15)14(17)18/h11-12H,3-10H2,1-2H3,(H,17,18). The monoisotopic (exact) mass is 271 g/mol. The van der Waals surface area contributed by atoms with Crippen LogP contribution in [0.5, 0.6) is 0 Å². The van der Waals surface area contributed by atoms with Crippen LogP contribution in [-0.2, 0) is 14.3 Å². The molecule has 110 valence electrons. The van der Waals surface area contributed by atoms with Gasteiger partial charge in [-0.2, -0.15) is 0 Å². The minimum absolute atomic E-state index is 0.0188. The number of hydrogen-bond donors (Lipinski definition) is 1. The number of carbonyl (C=O) groups excluding carboxylic acids is 1. The van der Waals surface area contributed by atoms with Gasteiger partial charge in [-0.1, -0.05) is 6.42 Å². The SMILES string of the molecule is CC(C)OCCCCCC(=O)N1CCCC1C(=O)O. The van der Waals surface area contributed by atoms with Gasteiger partial charge in [-0.15, -0.1) is 0 Å².